The first-order valence-electron chi connectivity index (χ1n) is 7.22. The van der Waals surface area contributed by atoms with Gasteiger partial charge in [-0.1, -0.05) is 19.8 Å². The van der Waals surface area contributed by atoms with Gasteiger partial charge in [-0.3, -0.25) is 0 Å². The average Bonchev–Trinajstić information content (AvgIpc) is 3.03. The molecule has 0 aromatic heterocycles. The average molecular weight is 294 g/mol. The van der Waals surface area contributed by atoms with Crippen LogP contribution >= 0.6 is 23.2 Å². The quantitative estimate of drug-likeness (QED) is 0.754. The molecule has 2 rings (SSSR count). The van der Waals surface area contributed by atoms with Crippen molar-refractivity contribution in [2.24, 2.45) is 0 Å². The molecule has 1 atom stereocenters. The summed E-state index contributed by atoms with van der Waals surface area (Å²) < 4.78 is 6.29. The van der Waals surface area contributed by atoms with E-state index < -0.39 is 0 Å². The Kier molecular flexibility index (Phi) is 5.21. The standard InChI is InChI=1S/C14H25Cl2NO/c1-2-13(10-15,11-16)17-9-12-5-8-14(18-12)6-3-4-7-14/h12,17H,2-11H2,1H3. The van der Waals surface area contributed by atoms with Gasteiger partial charge in [0.25, 0.3) is 0 Å². The number of halogens is 2. The van der Waals surface area contributed by atoms with Crippen LogP contribution in [0.15, 0.2) is 0 Å². The Labute approximate surface area is 121 Å². The third kappa shape index (κ3) is 3.15. The molecule has 0 bridgehead atoms. The summed E-state index contributed by atoms with van der Waals surface area (Å²) in [5.41, 5.74) is 0.0983. The maximum Gasteiger partial charge on any atom is 0.0708 e. The smallest absolute Gasteiger partial charge is 0.0708 e. The van der Waals surface area contributed by atoms with Crippen LogP contribution in [-0.4, -0.2) is 35.5 Å². The van der Waals surface area contributed by atoms with Crippen LogP contribution in [0.5, 0.6) is 0 Å². The first-order valence-corrected chi connectivity index (χ1v) is 8.29. The van der Waals surface area contributed by atoms with E-state index >= 15 is 0 Å². The topological polar surface area (TPSA) is 21.3 Å². The van der Waals surface area contributed by atoms with Crippen LogP contribution in [-0.2, 0) is 4.74 Å². The Hall–Kier alpha value is 0.500. The van der Waals surface area contributed by atoms with Gasteiger partial charge in [-0.15, -0.1) is 23.2 Å². The minimum Gasteiger partial charge on any atom is -0.370 e. The van der Waals surface area contributed by atoms with Crippen molar-refractivity contribution in [3.8, 4) is 0 Å². The van der Waals surface area contributed by atoms with Gasteiger partial charge >= 0.3 is 0 Å². The Morgan fingerprint density at radius 2 is 1.89 bits per heavy atom. The van der Waals surface area contributed by atoms with Gasteiger partial charge < -0.3 is 10.1 Å². The molecular weight excluding hydrogens is 269 g/mol. The summed E-state index contributed by atoms with van der Waals surface area (Å²) >= 11 is 12.1. The van der Waals surface area contributed by atoms with Crippen molar-refractivity contribution in [2.75, 3.05) is 18.3 Å². The largest absolute Gasteiger partial charge is 0.370 e. The van der Waals surface area contributed by atoms with E-state index in [-0.39, 0.29) is 11.1 Å². The predicted molar refractivity (Wildman–Crippen MR) is 77.8 cm³/mol. The van der Waals surface area contributed by atoms with Gasteiger partial charge in [0, 0.05) is 23.8 Å². The molecule has 2 aliphatic rings. The first kappa shape index (κ1) is 14.9. The summed E-state index contributed by atoms with van der Waals surface area (Å²) in [7, 11) is 0. The van der Waals surface area contributed by atoms with Crippen molar-refractivity contribution in [3.05, 3.63) is 0 Å². The Bertz CT molecular complexity index is 254. The molecule has 1 spiro atoms. The Balaban J connectivity index is 1.81. The SMILES string of the molecule is CCC(CCl)(CCl)NCC1CCC2(CCCC2)O1. The number of nitrogens with one attached hydrogen (secondary N) is 1. The molecule has 1 saturated heterocycles. The molecule has 1 N–H and O–H groups in total. The molecule has 1 saturated carbocycles. The molecule has 1 aliphatic heterocycles. The number of hydrogen-bond donors (Lipinski definition) is 1. The van der Waals surface area contributed by atoms with Gasteiger partial charge in [-0.05, 0) is 32.1 Å². The molecule has 106 valence electrons. The minimum atomic E-state index is -0.127. The third-order valence-electron chi connectivity index (χ3n) is 4.75. The van der Waals surface area contributed by atoms with Gasteiger partial charge in [-0.25, -0.2) is 0 Å². The molecule has 1 aliphatic carbocycles. The first-order chi connectivity index (χ1) is 8.67. The van der Waals surface area contributed by atoms with Crippen molar-refractivity contribution in [1.29, 1.82) is 0 Å². The molecule has 0 aromatic rings. The van der Waals surface area contributed by atoms with E-state index in [4.69, 9.17) is 27.9 Å². The van der Waals surface area contributed by atoms with Crippen LogP contribution in [0.2, 0.25) is 0 Å². The van der Waals surface area contributed by atoms with Crippen molar-refractivity contribution in [3.63, 3.8) is 0 Å². The van der Waals surface area contributed by atoms with Crippen LogP contribution < -0.4 is 5.32 Å². The van der Waals surface area contributed by atoms with E-state index in [2.05, 4.69) is 12.2 Å². The highest BCUT2D eigenvalue weighted by Gasteiger charge is 2.42. The lowest BCUT2D eigenvalue weighted by molar-refractivity contribution is -0.0369. The molecule has 0 aromatic carbocycles. The molecule has 2 nitrogen and oxygen atoms in total. The molecular formula is C14H25Cl2NO. The van der Waals surface area contributed by atoms with Crippen LogP contribution in [0, 0.1) is 0 Å². The zero-order valence-electron chi connectivity index (χ0n) is 11.3. The van der Waals surface area contributed by atoms with Crippen LogP contribution in [0.4, 0.5) is 0 Å². The monoisotopic (exact) mass is 293 g/mol. The maximum atomic E-state index is 6.29. The van der Waals surface area contributed by atoms with Crippen molar-refractivity contribution >= 4 is 23.2 Å². The van der Waals surface area contributed by atoms with E-state index in [1.165, 1.54) is 38.5 Å². The lowest BCUT2D eigenvalue weighted by atomic mass is 9.98. The number of alkyl halides is 2. The summed E-state index contributed by atoms with van der Waals surface area (Å²) in [6.45, 7) is 3.01. The fourth-order valence-corrected chi connectivity index (χ4v) is 4.05. The highest BCUT2D eigenvalue weighted by Crippen LogP contribution is 2.43. The zero-order valence-corrected chi connectivity index (χ0v) is 12.8. The van der Waals surface area contributed by atoms with Gasteiger partial charge in [0.2, 0.25) is 0 Å². The fourth-order valence-electron chi connectivity index (χ4n) is 3.20. The van der Waals surface area contributed by atoms with Crippen LogP contribution in [0.3, 0.4) is 0 Å². The molecule has 0 radical (unpaired) electrons. The second kappa shape index (κ2) is 6.30. The summed E-state index contributed by atoms with van der Waals surface area (Å²) in [4.78, 5) is 0. The van der Waals surface area contributed by atoms with E-state index in [0.717, 1.165) is 13.0 Å². The van der Waals surface area contributed by atoms with Crippen molar-refractivity contribution in [1.82, 2.24) is 5.32 Å². The summed E-state index contributed by atoms with van der Waals surface area (Å²) in [6, 6.07) is 0. The zero-order chi connectivity index (χ0) is 13.1. The summed E-state index contributed by atoms with van der Waals surface area (Å²) in [5, 5.41) is 3.54. The van der Waals surface area contributed by atoms with E-state index in [1.54, 1.807) is 0 Å². The van der Waals surface area contributed by atoms with Crippen LogP contribution in [0.25, 0.3) is 0 Å². The molecule has 1 unspecified atom stereocenters. The van der Waals surface area contributed by atoms with Crippen molar-refractivity contribution in [2.45, 2.75) is 69.1 Å². The predicted octanol–water partition coefficient (Wildman–Crippen LogP) is 3.69. The lowest BCUT2D eigenvalue weighted by Gasteiger charge is -2.31. The third-order valence-corrected chi connectivity index (χ3v) is 5.77. The molecule has 2 fully saturated rings. The van der Waals surface area contributed by atoms with E-state index in [9.17, 15) is 0 Å². The molecule has 0 amide bonds. The normalized spacial score (nSPS) is 27.2. The fraction of sp³-hybridized carbons (Fsp3) is 1.00. The number of rotatable bonds is 6. The molecule has 1 heterocycles. The number of hydrogen-bond acceptors (Lipinski definition) is 2. The summed E-state index contributed by atoms with van der Waals surface area (Å²) in [6.07, 6.45) is 8.90. The molecule has 4 heteroatoms. The van der Waals surface area contributed by atoms with E-state index in [1.807, 2.05) is 0 Å². The van der Waals surface area contributed by atoms with Crippen LogP contribution in [0.1, 0.15) is 51.9 Å². The van der Waals surface area contributed by atoms with E-state index in [0.29, 0.717) is 17.9 Å². The van der Waals surface area contributed by atoms with Gasteiger partial charge in [0.15, 0.2) is 0 Å². The Morgan fingerprint density at radius 3 is 2.44 bits per heavy atom. The minimum absolute atomic E-state index is 0.127. The maximum absolute atomic E-state index is 6.29. The lowest BCUT2D eigenvalue weighted by Crippen LogP contribution is -2.51. The Morgan fingerprint density at radius 1 is 1.22 bits per heavy atom. The second-order valence-electron chi connectivity index (χ2n) is 5.95. The highest BCUT2D eigenvalue weighted by atomic mass is 35.5. The second-order valence-corrected chi connectivity index (χ2v) is 6.49. The van der Waals surface area contributed by atoms with Gasteiger partial charge in [0.1, 0.15) is 0 Å². The molecule has 18 heavy (non-hydrogen) atoms. The number of ether oxygens (including phenoxy) is 1. The summed E-state index contributed by atoms with van der Waals surface area (Å²) in [5.74, 6) is 1.12. The van der Waals surface area contributed by atoms with Gasteiger partial charge in [0.05, 0.1) is 11.7 Å². The highest BCUT2D eigenvalue weighted by molar-refractivity contribution is 6.22. The van der Waals surface area contributed by atoms with Crippen molar-refractivity contribution < 1.29 is 4.74 Å². The van der Waals surface area contributed by atoms with Gasteiger partial charge in [-0.2, -0.15) is 0 Å².